The van der Waals surface area contributed by atoms with Gasteiger partial charge in [0.05, 0.1) is 26.4 Å². The van der Waals surface area contributed by atoms with E-state index in [-0.39, 0.29) is 25.7 Å². The number of aliphatic hydroxyl groups is 1. The molecule has 17 nitrogen and oxygen atoms in total. The summed E-state index contributed by atoms with van der Waals surface area (Å²) in [6.45, 7) is 14.2. The summed E-state index contributed by atoms with van der Waals surface area (Å²) in [6, 6.07) is 0. The molecule has 0 rings (SSSR count). The molecule has 0 aliphatic carbocycles. The third-order valence-electron chi connectivity index (χ3n) is 18.7. The van der Waals surface area contributed by atoms with Crippen molar-refractivity contribution in [1.82, 2.24) is 0 Å². The van der Waals surface area contributed by atoms with Crippen molar-refractivity contribution in [2.75, 3.05) is 39.6 Å². The number of carbonyl (C=O) groups excluding carboxylic acids is 4. The lowest BCUT2D eigenvalue weighted by atomic mass is 9.99. The summed E-state index contributed by atoms with van der Waals surface area (Å²) < 4.78 is 68.5. The Kier molecular flexibility index (Phi) is 64.0. The monoisotopic (exact) mass is 1400 g/mol. The maximum atomic E-state index is 13.1. The van der Waals surface area contributed by atoms with Gasteiger partial charge in [0.2, 0.25) is 0 Å². The van der Waals surface area contributed by atoms with E-state index >= 15 is 0 Å². The number of rotatable bonds is 73. The summed E-state index contributed by atoms with van der Waals surface area (Å²) >= 11 is 0. The molecule has 0 aliphatic heterocycles. The van der Waals surface area contributed by atoms with Crippen LogP contribution in [0, 0.1) is 23.7 Å². The summed E-state index contributed by atoms with van der Waals surface area (Å²) in [5, 5.41) is 10.6. The molecule has 0 bridgehead atoms. The first kappa shape index (κ1) is 93.1. The predicted molar refractivity (Wildman–Crippen MR) is 386 cm³/mol. The molecule has 0 aliphatic rings. The fourth-order valence-corrected chi connectivity index (χ4v) is 13.0. The number of unbranched alkanes of at least 4 members (excludes halogenated alkanes) is 36. The number of esters is 4. The molecule has 3 N–H and O–H groups in total. The molecular formula is C76H148O17P2. The quantitative estimate of drug-likeness (QED) is 0.0222. The average Bonchev–Trinajstić information content (AvgIpc) is 1.65. The van der Waals surface area contributed by atoms with E-state index in [1.54, 1.807) is 0 Å². The minimum absolute atomic E-state index is 0.106. The van der Waals surface area contributed by atoms with Gasteiger partial charge in [-0.05, 0) is 49.4 Å². The summed E-state index contributed by atoms with van der Waals surface area (Å²) in [5.74, 6) is 1.02. The van der Waals surface area contributed by atoms with Crippen molar-refractivity contribution >= 4 is 39.5 Å². The molecule has 0 fully saturated rings. The Bertz CT molecular complexity index is 1870. The summed E-state index contributed by atoms with van der Waals surface area (Å²) in [7, 11) is -9.91. The van der Waals surface area contributed by atoms with Crippen molar-refractivity contribution in [2.24, 2.45) is 23.7 Å². The molecule has 0 aromatic heterocycles. The highest BCUT2D eigenvalue weighted by molar-refractivity contribution is 7.47. The maximum absolute atomic E-state index is 13.1. The number of ether oxygens (including phenoxy) is 4. The van der Waals surface area contributed by atoms with E-state index in [0.29, 0.717) is 25.7 Å². The van der Waals surface area contributed by atoms with Crippen molar-refractivity contribution in [3.63, 3.8) is 0 Å². The van der Waals surface area contributed by atoms with Crippen LogP contribution < -0.4 is 0 Å². The van der Waals surface area contributed by atoms with E-state index in [4.69, 9.17) is 37.0 Å². The molecule has 19 heteroatoms. The van der Waals surface area contributed by atoms with Crippen molar-refractivity contribution in [1.29, 1.82) is 0 Å². The molecule has 0 saturated carbocycles. The predicted octanol–water partition coefficient (Wildman–Crippen LogP) is 22.0. The molecule has 0 heterocycles. The number of hydrogen-bond donors (Lipinski definition) is 3. The number of aliphatic hydroxyl groups excluding tert-OH is 1. The van der Waals surface area contributed by atoms with Crippen molar-refractivity contribution in [3.8, 4) is 0 Å². The van der Waals surface area contributed by atoms with Crippen LogP contribution in [0.1, 0.15) is 383 Å². The van der Waals surface area contributed by atoms with Gasteiger partial charge in [0.1, 0.15) is 19.3 Å². The van der Waals surface area contributed by atoms with E-state index < -0.39 is 97.5 Å². The standard InChI is InChI=1S/C76H148O17P2/c1-9-67(6)53-45-37-29-23-16-14-12-13-15-17-26-32-42-50-58-75(80)93-72(63-87-74(79)57-49-41-35-34-39-47-55-69(8)11-3)65-91-95(84,85)89-61-70(77)60-88-94(82,83)90-64-71(62-86-73(78)56-48-40-31-25-20-18-22-28-36-44-52-66(4)5)92-76(81)59-51-43-33-27-21-19-24-30-38-46-54-68(7)10-2/h66-72,77H,9-65H2,1-8H3,(H,82,83)(H,84,85)/t67?,68?,69?,70-,71-,72-/m1/s1. The number of phosphoric acid groups is 2. The van der Waals surface area contributed by atoms with E-state index in [0.717, 1.165) is 120 Å². The van der Waals surface area contributed by atoms with Crippen LogP contribution in [0.25, 0.3) is 0 Å². The van der Waals surface area contributed by atoms with Gasteiger partial charge in [-0.2, -0.15) is 0 Å². The maximum Gasteiger partial charge on any atom is 0.472 e. The Balaban J connectivity index is 5.25. The largest absolute Gasteiger partial charge is 0.472 e. The highest BCUT2D eigenvalue weighted by Gasteiger charge is 2.30. The third-order valence-corrected chi connectivity index (χ3v) is 20.6. The molecule has 0 aromatic rings. The molecule has 0 radical (unpaired) electrons. The summed E-state index contributed by atoms with van der Waals surface area (Å²) in [5.41, 5.74) is 0. The lowest BCUT2D eigenvalue weighted by Gasteiger charge is -2.21. The second-order valence-electron chi connectivity index (χ2n) is 28.6. The zero-order valence-electron chi connectivity index (χ0n) is 62.3. The number of carbonyl (C=O) groups is 4. The highest BCUT2D eigenvalue weighted by Crippen LogP contribution is 2.45. The SMILES string of the molecule is CCC(C)CCCCCCCCCCCCCCCCC(=O)O[C@H](COC(=O)CCCCCCCCC(C)CC)COP(=O)(O)OC[C@H](O)COP(=O)(O)OC[C@@H](COC(=O)CCCCCCCCCCCCC(C)C)OC(=O)CCCCCCCCCCCCC(C)CC. The Hall–Kier alpha value is -1.94. The van der Waals surface area contributed by atoms with E-state index in [2.05, 4.69) is 55.4 Å². The van der Waals surface area contributed by atoms with Crippen molar-refractivity contribution in [2.45, 2.75) is 401 Å². The van der Waals surface area contributed by atoms with Gasteiger partial charge in [0.15, 0.2) is 12.2 Å². The lowest BCUT2D eigenvalue weighted by Crippen LogP contribution is -2.30. The van der Waals surface area contributed by atoms with Crippen LogP contribution in [0.15, 0.2) is 0 Å². The van der Waals surface area contributed by atoms with Crippen LogP contribution >= 0.6 is 15.6 Å². The van der Waals surface area contributed by atoms with Crippen LogP contribution in [-0.2, 0) is 65.4 Å². The number of phosphoric ester groups is 2. The van der Waals surface area contributed by atoms with E-state index in [1.165, 1.54) is 180 Å². The molecule has 95 heavy (non-hydrogen) atoms. The fraction of sp³-hybridized carbons (Fsp3) is 0.947. The van der Waals surface area contributed by atoms with E-state index in [9.17, 15) is 43.2 Å². The minimum atomic E-state index is -4.96. The van der Waals surface area contributed by atoms with Gasteiger partial charge in [0.25, 0.3) is 0 Å². The van der Waals surface area contributed by atoms with Crippen LogP contribution in [0.5, 0.6) is 0 Å². The van der Waals surface area contributed by atoms with Gasteiger partial charge in [-0.25, -0.2) is 9.13 Å². The smallest absolute Gasteiger partial charge is 0.462 e. The van der Waals surface area contributed by atoms with Crippen molar-refractivity contribution in [3.05, 3.63) is 0 Å². The Morgan fingerprint density at radius 3 is 0.747 bits per heavy atom. The van der Waals surface area contributed by atoms with Gasteiger partial charge in [0, 0.05) is 25.7 Å². The van der Waals surface area contributed by atoms with Gasteiger partial charge in [-0.15, -0.1) is 0 Å². The normalized spacial score (nSPS) is 15.0. The van der Waals surface area contributed by atoms with Gasteiger partial charge in [-0.1, -0.05) is 331 Å². The lowest BCUT2D eigenvalue weighted by molar-refractivity contribution is -0.161. The molecular weight excluding hydrogens is 1250 g/mol. The Morgan fingerprint density at radius 2 is 0.505 bits per heavy atom. The van der Waals surface area contributed by atoms with Gasteiger partial charge in [-0.3, -0.25) is 37.3 Å². The highest BCUT2D eigenvalue weighted by atomic mass is 31.2. The molecule has 564 valence electrons. The fourth-order valence-electron chi connectivity index (χ4n) is 11.5. The Morgan fingerprint density at radius 1 is 0.295 bits per heavy atom. The molecule has 0 aromatic carbocycles. The second kappa shape index (κ2) is 65.4. The van der Waals surface area contributed by atoms with Gasteiger partial charge < -0.3 is 33.8 Å². The van der Waals surface area contributed by atoms with Crippen LogP contribution in [0.2, 0.25) is 0 Å². The molecule has 0 spiro atoms. The van der Waals surface area contributed by atoms with E-state index in [1.807, 2.05) is 0 Å². The van der Waals surface area contributed by atoms with Gasteiger partial charge >= 0.3 is 39.5 Å². The Labute approximate surface area is 581 Å². The summed E-state index contributed by atoms with van der Waals surface area (Å²) in [6.07, 6.45) is 49.8. The first-order valence-electron chi connectivity index (χ1n) is 39.3. The number of hydrogen-bond acceptors (Lipinski definition) is 15. The molecule has 5 unspecified atom stereocenters. The zero-order valence-corrected chi connectivity index (χ0v) is 64.1. The zero-order chi connectivity index (χ0) is 70.3. The summed E-state index contributed by atoms with van der Waals surface area (Å²) in [4.78, 5) is 72.8. The third kappa shape index (κ3) is 66.4. The second-order valence-corrected chi connectivity index (χ2v) is 31.5. The topological polar surface area (TPSA) is 237 Å². The average molecular weight is 1400 g/mol. The van der Waals surface area contributed by atoms with Crippen LogP contribution in [-0.4, -0.2) is 96.7 Å². The minimum Gasteiger partial charge on any atom is -0.462 e. The first-order valence-corrected chi connectivity index (χ1v) is 42.3. The first-order chi connectivity index (χ1) is 45.7. The molecule has 0 saturated heterocycles. The van der Waals surface area contributed by atoms with Crippen LogP contribution in [0.4, 0.5) is 0 Å². The molecule has 8 atom stereocenters. The molecule has 0 amide bonds. The van der Waals surface area contributed by atoms with Crippen molar-refractivity contribution < 1.29 is 80.2 Å². The van der Waals surface area contributed by atoms with Crippen LogP contribution in [0.3, 0.4) is 0 Å².